The molecule has 0 saturated carbocycles. The van der Waals surface area contributed by atoms with Crippen LogP contribution in [-0.2, 0) is 10.0 Å². The number of halogens is 1. The topological polar surface area (TPSA) is 128 Å². The molecular weight excluding hydrogens is 497 g/mol. The summed E-state index contributed by atoms with van der Waals surface area (Å²) in [6.07, 6.45) is 2.21. The average molecular weight is 528 g/mol. The molecule has 0 aliphatic carbocycles. The monoisotopic (exact) mass is 527 g/mol. The number of amides is 1. The average Bonchev–Trinajstić information content (AvgIpc) is 3.11. The Kier molecular flexibility index (Phi) is 7.09. The highest BCUT2D eigenvalue weighted by Gasteiger charge is 2.39. The number of aromatic nitrogens is 2. The first-order valence-corrected chi connectivity index (χ1v) is 13.4. The van der Waals surface area contributed by atoms with Gasteiger partial charge in [-0.25, -0.2) is 27.5 Å². The van der Waals surface area contributed by atoms with Gasteiger partial charge in [0.25, 0.3) is 15.9 Å². The number of nitrogens with two attached hydrogens (primary N) is 1. The molecule has 3 aromatic rings. The van der Waals surface area contributed by atoms with Gasteiger partial charge < -0.3 is 15.4 Å². The van der Waals surface area contributed by atoms with Crippen molar-refractivity contribution in [2.45, 2.75) is 44.6 Å². The highest BCUT2D eigenvalue weighted by atomic mass is 32.2. The van der Waals surface area contributed by atoms with Crippen LogP contribution in [0.25, 0.3) is 11.3 Å². The van der Waals surface area contributed by atoms with E-state index in [0.29, 0.717) is 36.1 Å². The lowest BCUT2D eigenvalue weighted by Crippen LogP contribution is -2.41. The van der Waals surface area contributed by atoms with E-state index in [1.807, 2.05) is 18.7 Å². The lowest BCUT2D eigenvalue weighted by molar-refractivity contribution is 0.0981. The lowest BCUT2D eigenvalue weighted by Gasteiger charge is -2.34. The van der Waals surface area contributed by atoms with E-state index in [1.54, 1.807) is 19.1 Å². The summed E-state index contributed by atoms with van der Waals surface area (Å²) in [5, 5.41) is 0. The van der Waals surface area contributed by atoms with Gasteiger partial charge in [0.15, 0.2) is 11.6 Å². The SMILES string of the molecule is CCOc1ccc(-c2ccc(C(=O)NS(=O)(=O)c3cccnc3N)c(N3C[C@@H](C)CC3(C)C)n2)cc1F. The first-order valence-electron chi connectivity index (χ1n) is 11.9. The molecule has 0 spiro atoms. The van der Waals surface area contributed by atoms with Crippen molar-refractivity contribution in [2.24, 2.45) is 5.92 Å². The third-order valence-corrected chi connectivity index (χ3v) is 7.67. The van der Waals surface area contributed by atoms with E-state index >= 15 is 0 Å². The quantitative estimate of drug-likeness (QED) is 0.472. The minimum absolute atomic E-state index is 0.0726. The Bertz CT molecular complexity index is 1440. The van der Waals surface area contributed by atoms with Gasteiger partial charge in [0, 0.05) is 23.8 Å². The number of rotatable bonds is 7. The highest BCUT2D eigenvalue weighted by Crippen LogP contribution is 2.38. The Morgan fingerprint density at radius 1 is 1.27 bits per heavy atom. The number of ether oxygens (including phenoxy) is 1. The van der Waals surface area contributed by atoms with Gasteiger partial charge in [0.2, 0.25) is 0 Å². The molecule has 0 unspecified atom stereocenters. The minimum Gasteiger partial charge on any atom is -0.491 e. The molecule has 1 amide bonds. The second-order valence-electron chi connectivity index (χ2n) is 9.70. The van der Waals surface area contributed by atoms with Crippen molar-refractivity contribution in [2.75, 3.05) is 23.8 Å². The maximum atomic E-state index is 14.6. The van der Waals surface area contributed by atoms with Crippen LogP contribution in [0, 0.1) is 11.7 Å². The van der Waals surface area contributed by atoms with Crippen LogP contribution >= 0.6 is 0 Å². The molecule has 1 saturated heterocycles. The first-order chi connectivity index (χ1) is 17.4. The lowest BCUT2D eigenvalue weighted by atomic mass is 9.97. The fraction of sp³-hybridized carbons (Fsp3) is 0.346. The summed E-state index contributed by atoms with van der Waals surface area (Å²) in [7, 11) is -4.29. The highest BCUT2D eigenvalue weighted by molar-refractivity contribution is 7.90. The van der Waals surface area contributed by atoms with E-state index in [9.17, 15) is 17.6 Å². The molecule has 1 aliphatic heterocycles. The number of nitrogen functional groups attached to an aromatic ring is 1. The van der Waals surface area contributed by atoms with Crippen LogP contribution in [0.5, 0.6) is 5.75 Å². The zero-order valence-electron chi connectivity index (χ0n) is 21.2. The molecule has 2 aromatic heterocycles. The smallest absolute Gasteiger partial charge is 0.268 e. The standard InChI is InChI=1S/C26H30FN5O4S/c1-5-36-21-11-8-17(13-19(21)27)20-10-9-18(24(30-20)32-15-16(2)14-26(32,3)4)25(33)31-37(34,35)22-7-6-12-29-23(22)28/h6-13,16H,5,14-15H2,1-4H3,(H2,28,29)(H,31,33)/t16-/m0/s1. The van der Waals surface area contributed by atoms with Crippen LogP contribution in [0.15, 0.2) is 53.6 Å². The second-order valence-corrected chi connectivity index (χ2v) is 11.4. The van der Waals surface area contributed by atoms with Crippen LogP contribution in [-0.4, -0.2) is 43.0 Å². The zero-order valence-corrected chi connectivity index (χ0v) is 22.0. The molecular formula is C26H30FN5O4S. The van der Waals surface area contributed by atoms with E-state index in [2.05, 4.69) is 16.6 Å². The molecule has 1 fully saturated rings. The van der Waals surface area contributed by atoms with E-state index < -0.39 is 21.7 Å². The van der Waals surface area contributed by atoms with Gasteiger partial charge in [0.05, 0.1) is 17.9 Å². The molecule has 1 atom stereocenters. The third kappa shape index (κ3) is 5.36. The summed E-state index contributed by atoms with van der Waals surface area (Å²) >= 11 is 0. The molecule has 3 N–H and O–H groups in total. The normalized spacial score (nSPS) is 17.0. The van der Waals surface area contributed by atoms with Crippen molar-refractivity contribution in [3.63, 3.8) is 0 Å². The number of nitrogens with zero attached hydrogens (tertiary/aromatic N) is 3. The predicted molar refractivity (Wildman–Crippen MR) is 139 cm³/mol. The van der Waals surface area contributed by atoms with Crippen LogP contribution in [0.4, 0.5) is 16.0 Å². The van der Waals surface area contributed by atoms with Crippen molar-refractivity contribution in [1.82, 2.24) is 14.7 Å². The van der Waals surface area contributed by atoms with E-state index in [0.717, 1.165) is 6.42 Å². The Morgan fingerprint density at radius 3 is 2.65 bits per heavy atom. The third-order valence-electron chi connectivity index (χ3n) is 6.29. The van der Waals surface area contributed by atoms with Crippen LogP contribution in [0.3, 0.4) is 0 Å². The molecule has 4 rings (SSSR count). The predicted octanol–water partition coefficient (Wildman–Crippen LogP) is 4.01. The molecule has 196 valence electrons. The molecule has 1 aliphatic rings. The van der Waals surface area contributed by atoms with Gasteiger partial charge in [-0.1, -0.05) is 6.92 Å². The number of benzene rings is 1. The number of sulfonamides is 1. The van der Waals surface area contributed by atoms with Crippen molar-refractivity contribution in [3.8, 4) is 17.0 Å². The summed E-state index contributed by atoms with van der Waals surface area (Å²) in [4.78, 5) is 23.6. The number of hydrogen-bond acceptors (Lipinski definition) is 8. The van der Waals surface area contributed by atoms with Gasteiger partial charge in [-0.3, -0.25) is 4.79 Å². The van der Waals surface area contributed by atoms with Gasteiger partial charge >= 0.3 is 0 Å². The van der Waals surface area contributed by atoms with Crippen molar-refractivity contribution in [1.29, 1.82) is 0 Å². The fourth-order valence-electron chi connectivity index (χ4n) is 4.75. The van der Waals surface area contributed by atoms with Gasteiger partial charge in [-0.2, -0.15) is 0 Å². The van der Waals surface area contributed by atoms with Gasteiger partial charge in [0.1, 0.15) is 16.5 Å². The van der Waals surface area contributed by atoms with Crippen LogP contribution in [0.1, 0.15) is 44.5 Å². The van der Waals surface area contributed by atoms with Crippen molar-refractivity contribution < 1.29 is 22.3 Å². The molecule has 0 radical (unpaired) electrons. The van der Waals surface area contributed by atoms with Crippen LogP contribution in [0.2, 0.25) is 0 Å². The molecule has 11 heteroatoms. The number of pyridine rings is 2. The Labute approximate surface area is 215 Å². The summed E-state index contributed by atoms with van der Waals surface area (Å²) in [5.74, 6) is -0.836. The number of hydrogen-bond donors (Lipinski definition) is 2. The van der Waals surface area contributed by atoms with Gasteiger partial charge in [-0.15, -0.1) is 0 Å². The van der Waals surface area contributed by atoms with Gasteiger partial charge in [-0.05, 0) is 75.6 Å². The second kappa shape index (κ2) is 9.97. The minimum atomic E-state index is -4.29. The number of anilines is 2. The number of carbonyl (C=O) groups is 1. The summed E-state index contributed by atoms with van der Waals surface area (Å²) in [6.45, 7) is 8.89. The molecule has 9 nitrogen and oxygen atoms in total. The Morgan fingerprint density at radius 2 is 2.03 bits per heavy atom. The maximum absolute atomic E-state index is 14.6. The van der Waals surface area contributed by atoms with Crippen molar-refractivity contribution in [3.05, 3.63) is 60.0 Å². The Hall–Kier alpha value is -3.73. The van der Waals surface area contributed by atoms with E-state index in [1.165, 1.54) is 36.5 Å². The number of nitrogens with one attached hydrogen (secondary N) is 1. The van der Waals surface area contributed by atoms with Crippen molar-refractivity contribution >= 4 is 27.6 Å². The zero-order chi connectivity index (χ0) is 27.0. The summed E-state index contributed by atoms with van der Waals surface area (Å²) in [5.41, 5.74) is 6.38. The maximum Gasteiger partial charge on any atom is 0.268 e. The summed E-state index contributed by atoms with van der Waals surface area (Å²) in [6, 6.07) is 10.3. The summed E-state index contributed by atoms with van der Waals surface area (Å²) < 4.78 is 47.8. The molecule has 1 aromatic carbocycles. The largest absolute Gasteiger partial charge is 0.491 e. The van der Waals surface area contributed by atoms with Crippen LogP contribution < -0.4 is 20.1 Å². The van der Waals surface area contributed by atoms with E-state index in [-0.39, 0.29) is 27.6 Å². The first kappa shape index (κ1) is 26.3. The number of carbonyl (C=O) groups excluding carboxylic acids is 1. The fourth-order valence-corrected chi connectivity index (χ4v) is 5.80. The molecule has 0 bridgehead atoms. The molecule has 3 heterocycles. The molecule has 37 heavy (non-hydrogen) atoms. The van der Waals surface area contributed by atoms with E-state index in [4.69, 9.17) is 15.5 Å². The Balaban J connectivity index is 1.77.